The quantitative estimate of drug-likeness (QED) is 0.488. The highest BCUT2D eigenvalue weighted by Gasteiger charge is 2.52. The van der Waals surface area contributed by atoms with Crippen LogP contribution in [0.2, 0.25) is 0 Å². The van der Waals surface area contributed by atoms with E-state index in [1.54, 1.807) is 36.9 Å². The largest absolute Gasteiger partial charge is 0.368 e. The Morgan fingerprint density at radius 1 is 1.10 bits per heavy atom. The van der Waals surface area contributed by atoms with E-state index in [9.17, 15) is 14.4 Å². The third-order valence-corrected chi connectivity index (χ3v) is 8.31. The molecule has 4 amide bonds. The number of rotatable bonds is 4. The lowest BCUT2D eigenvalue weighted by Crippen LogP contribution is -2.44. The Labute approximate surface area is 233 Å². The van der Waals surface area contributed by atoms with Crippen LogP contribution in [-0.2, 0) is 28.0 Å². The number of imide groups is 1. The number of hydrogen-bond acceptors (Lipinski definition) is 7. The molecule has 1 saturated heterocycles. The first-order chi connectivity index (χ1) is 19.0. The van der Waals surface area contributed by atoms with Crippen LogP contribution in [0.4, 0.5) is 22.1 Å². The second-order valence-electron chi connectivity index (χ2n) is 11.8. The number of nitrogen functional groups attached to an aromatic ring is 1. The molecule has 0 unspecified atom stereocenters. The number of urea groups is 1. The zero-order chi connectivity index (χ0) is 28.4. The zero-order valence-corrected chi connectivity index (χ0v) is 23.1. The van der Waals surface area contributed by atoms with Gasteiger partial charge in [-0.05, 0) is 55.2 Å². The van der Waals surface area contributed by atoms with E-state index in [1.807, 2.05) is 24.3 Å². The van der Waals surface area contributed by atoms with E-state index in [0.29, 0.717) is 17.9 Å². The highest BCUT2D eigenvalue weighted by molar-refractivity contribution is 6.23. The molecule has 0 saturated carbocycles. The fraction of sp³-hybridized carbons (Fsp3) is 0.367. The number of hydrogen-bond donors (Lipinski definition) is 2. The monoisotopic (exact) mass is 539 g/mol. The van der Waals surface area contributed by atoms with Crippen LogP contribution in [0, 0.1) is 0 Å². The molecule has 3 aromatic rings. The van der Waals surface area contributed by atoms with Crippen LogP contribution in [0.15, 0.2) is 54.7 Å². The molecule has 0 aliphatic carbocycles. The van der Waals surface area contributed by atoms with E-state index in [0.717, 1.165) is 29.8 Å². The van der Waals surface area contributed by atoms with Gasteiger partial charge in [0.1, 0.15) is 11.6 Å². The minimum atomic E-state index is -1.11. The van der Waals surface area contributed by atoms with Crippen LogP contribution in [0.3, 0.4) is 0 Å². The summed E-state index contributed by atoms with van der Waals surface area (Å²) in [6.07, 6.45) is 2.40. The van der Waals surface area contributed by atoms with Crippen molar-refractivity contribution in [2.45, 2.75) is 57.7 Å². The van der Waals surface area contributed by atoms with Crippen molar-refractivity contribution in [2.24, 2.45) is 0 Å². The Hall–Kier alpha value is -4.31. The van der Waals surface area contributed by atoms with Crippen LogP contribution >= 0.6 is 0 Å². The van der Waals surface area contributed by atoms with E-state index >= 15 is 0 Å². The molecule has 1 atom stereocenters. The first kappa shape index (κ1) is 25.9. The molecule has 40 heavy (non-hydrogen) atoms. The number of carbonyl (C=O) groups is 3. The van der Waals surface area contributed by atoms with Gasteiger partial charge in [-0.2, -0.15) is 0 Å². The molecule has 3 aliphatic rings. The Bertz CT molecular complexity index is 1550. The molecule has 6 rings (SSSR count). The Kier molecular flexibility index (Phi) is 5.92. The summed E-state index contributed by atoms with van der Waals surface area (Å²) in [4.78, 5) is 54.0. The Balaban J connectivity index is 1.35. The lowest BCUT2D eigenvalue weighted by molar-refractivity contribution is -0.123. The number of nitrogens with two attached hydrogens (primary N) is 1. The predicted octanol–water partition coefficient (Wildman–Crippen LogP) is 3.32. The second-order valence-corrected chi connectivity index (χ2v) is 11.8. The third kappa shape index (κ3) is 4.02. The van der Waals surface area contributed by atoms with Crippen molar-refractivity contribution in [3.63, 3.8) is 0 Å². The lowest BCUT2D eigenvalue weighted by atomic mass is 9.87. The van der Waals surface area contributed by atoms with E-state index in [4.69, 9.17) is 5.73 Å². The molecule has 3 aliphatic heterocycles. The maximum atomic E-state index is 14.0. The third-order valence-electron chi connectivity index (χ3n) is 8.31. The van der Waals surface area contributed by atoms with Gasteiger partial charge in [0.25, 0.3) is 5.91 Å². The summed E-state index contributed by atoms with van der Waals surface area (Å²) in [5.41, 5.74) is 9.18. The number of carbonyl (C=O) groups excluding carboxylic acids is 3. The summed E-state index contributed by atoms with van der Waals surface area (Å²) >= 11 is 0. The SMILES string of the molecule is CC1(C)CN(C(=O)[C@@H]2NCCc3ccccc32)c2cc(N3C(=O)N(Cc4ccnc(N)n4)C(C)(C)C3=O)ccc21. The Morgan fingerprint density at radius 3 is 2.65 bits per heavy atom. The highest BCUT2D eigenvalue weighted by atomic mass is 16.2. The number of nitrogens with one attached hydrogen (secondary N) is 1. The maximum absolute atomic E-state index is 14.0. The summed E-state index contributed by atoms with van der Waals surface area (Å²) in [6.45, 7) is 8.97. The Morgan fingerprint density at radius 2 is 1.88 bits per heavy atom. The van der Waals surface area contributed by atoms with Gasteiger partial charge < -0.3 is 20.9 Å². The van der Waals surface area contributed by atoms with Gasteiger partial charge in [-0.25, -0.2) is 19.7 Å². The van der Waals surface area contributed by atoms with Crippen molar-refractivity contribution in [3.05, 3.63) is 77.1 Å². The van der Waals surface area contributed by atoms with E-state index < -0.39 is 17.6 Å². The van der Waals surface area contributed by atoms with Gasteiger partial charge >= 0.3 is 6.03 Å². The first-order valence-electron chi connectivity index (χ1n) is 13.5. The average molecular weight is 540 g/mol. The molecule has 10 nitrogen and oxygen atoms in total. The molecule has 0 spiro atoms. The van der Waals surface area contributed by atoms with Gasteiger partial charge in [0.2, 0.25) is 11.9 Å². The molecule has 0 radical (unpaired) electrons. The molecule has 2 aromatic carbocycles. The van der Waals surface area contributed by atoms with Gasteiger partial charge in [0.15, 0.2) is 0 Å². The van der Waals surface area contributed by atoms with Crippen LogP contribution in [0.1, 0.15) is 56.1 Å². The van der Waals surface area contributed by atoms with Crippen molar-refractivity contribution in [3.8, 4) is 0 Å². The minimum Gasteiger partial charge on any atom is -0.368 e. The average Bonchev–Trinajstić information content (AvgIpc) is 3.29. The van der Waals surface area contributed by atoms with Crippen molar-refractivity contribution in [2.75, 3.05) is 28.6 Å². The summed E-state index contributed by atoms with van der Waals surface area (Å²) in [5, 5.41) is 3.40. The molecule has 0 bridgehead atoms. The van der Waals surface area contributed by atoms with Crippen molar-refractivity contribution < 1.29 is 14.4 Å². The van der Waals surface area contributed by atoms with Crippen molar-refractivity contribution in [1.82, 2.24) is 20.2 Å². The number of benzene rings is 2. The molecule has 4 heterocycles. The smallest absolute Gasteiger partial charge is 0.332 e. The summed E-state index contributed by atoms with van der Waals surface area (Å²) < 4.78 is 0. The number of fused-ring (bicyclic) bond motifs is 2. The van der Waals surface area contributed by atoms with Crippen molar-refractivity contribution in [1.29, 1.82) is 0 Å². The zero-order valence-electron chi connectivity index (χ0n) is 23.1. The molecular formula is C30H33N7O3. The van der Waals surface area contributed by atoms with Gasteiger partial charge in [-0.1, -0.05) is 44.2 Å². The molecule has 3 N–H and O–H groups in total. The number of aromatic nitrogens is 2. The fourth-order valence-electron chi connectivity index (χ4n) is 6.09. The molecular weight excluding hydrogens is 506 g/mol. The van der Waals surface area contributed by atoms with Gasteiger partial charge in [0, 0.05) is 30.4 Å². The van der Waals surface area contributed by atoms with E-state index in [1.165, 1.54) is 21.6 Å². The predicted molar refractivity (Wildman–Crippen MR) is 152 cm³/mol. The minimum absolute atomic E-state index is 0.0430. The van der Waals surface area contributed by atoms with Crippen molar-refractivity contribution >= 4 is 35.2 Å². The van der Waals surface area contributed by atoms with Gasteiger partial charge in [-0.15, -0.1) is 0 Å². The number of nitrogens with zero attached hydrogens (tertiary/aromatic N) is 5. The summed E-state index contributed by atoms with van der Waals surface area (Å²) in [7, 11) is 0. The van der Waals surface area contributed by atoms with Crippen LogP contribution in [0.5, 0.6) is 0 Å². The summed E-state index contributed by atoms with van der Waals surface area (Å²) in [5.74, 6) is -0.290. The molecule has 206 valence electrons. The second kappa shape index (κ2) is 9.12. The molecule has 1 fully saturated rings. The molecule has 1 aromatic heterocycles. The molecule has 10 heteroatoms. The van der Waals surface area contributed by atoms with Gasteiger partial charge in [-0.3, -0.25) is 9.59 Å². The van der Waals surface area contributed by atoms with Crippen LogP contribution in [-0.4, -0.2) is 51.3 Å². The fourth-order valence-corrected chi connectivity index (χ4v) is 6.09. The number of amides is 4. The van der Waals surface area contributed by atoms with Crippen LogP contribution in [0.25, 0.3) is 0 Å². The van der Waals surface area contributed by atoms with E-state index in [2.05, 4.69) is 35.2 Å². The summed E-state index contributed by atoms with van der Waals surface area (Å²) in [6, 6.07) is 14.3. The van der Waals surface area contributed by atoms with Gasteiger partial charge in [0.05, 0.1) is 17.9 Å². The van der Waals surface area contributed by atoms with E-state index in [-0.39, 0.29) is 29.7 Å². The first-order valence-corrected chi connectivity index (χ1v) is 13.5. The maximum Gasteiger partial charge on any atom is 0.332 e. The standard InChI is InChI=1S/C30H33N7O3/c1-29(2)17-35(25(38)24-21-8-6-5-7-18(21)11-13-32-24)23-15-20(9-10-22(23)29)37-26(39)30(3,4)36(28(37)40)16-19-12-14-33-27(31)34-19/h5-10,12,14-15,24,32H,11,13,16-17H2,1-4H3,(H2,31,33,34)/t24-/m1/s1. The lowest BCUT2D eigenvalue weighted by Gasteiger charge is -2.30. The van der Waals surface area contributed by atoms with Crippen LogP contribution < -0.4 is 20.9 Å². The highest BCUT2D eigenvalue weighted by Crippen LogP contribution is 2.45. The normalized spacial score (nSPS) is 21.0. The number of anilines is 3. The topological polar surface area (TPSA) is 125 Å².